The molecule has 2 aromatic heterocycles. The molecule has 1 saturated carbocycles. The van der Waals surface area contributed by atoms with E-state index in [0.29, 0.717) is 76.2 Å². The quantitative estimate of drug-likeness (QED) is 0.189. The van der Waals surface area contributed by atoms with Gasteiger partial charge < -0.3 is 16.1 Å². The first-order valence-corrected chi connectivity index (χ1v) is 13.8. The molecule has 42 heavy (non-hydrogen) atoms. The highest BCUT2D eigenvalue weighted by atomic mass is 19.3. The normalized spacial score (nSPS) is 16.4. The van der Waals surface area contributed by atoms with Crippen molar-refractivity contribution in [2.75, 3.05) is 17.2 Å². The van der Waals surface area contributed by atoms with Crippen LogP contribution in [0.25, 0.3) is 10.9 Å². The molecule has 0 bridgehead atoms. The van der Waals surface area contributed by atoms with Crippen molar-refractivity contribution < 1.29 is 13.2 Å². The lowest BCUT2D eigenvalue weighted by molar-refractivity contribution is 0.00911. The Labute approximate surface area is 243 Å². The molecule has 1 fully saturated rings. The summed E-state index contributed by atoms with van der Waals surface area (Å²) in [5, 5.41) is 19.0. The van der Waals surface area contributed by atoms with Crippen LogP contribution in [-0.4, -0.2) is 33.5 Å². The van der Waals surface area contributed by atoms with Gasteiger partial charge in [0.25, 0.3) is 6.43 Å². The number of rotatable bonds is 9. The van der Waals surface area contributed by atoms with Crippen molar-refractivity contribution in [3.63, 3.8) is 0 Å². The summed E-state index contributed by atoms with van der Waals surface area (Å²) in [5.74, 6) is 2.07. The number of terminal acetylenes is 1. The smallest absolute Gasteiger partial charge is 0.262 e. The number of nitriles is 1. The van der Waals surface area contributed by atoms with Gasteiger partial charge >= 0.3 is 0 Å². The van der Waals surface area contributed by atoms with Gasteiger partial charge in [-0.05, 0) is 42.9 Å². The fourth-order valence-corrected chi connectivity index (χ4v) is 5.05. The monoisotopic (exact) mass is 574 g/mol. The van der Waals surface area contributed by atoms with Crippen LogP contribution in [-0.2, 0) is 6.42 Å². The van der Waals surface area contributed by atoms with Crippen molar-refractivity contribution in [3.8, 4) is 18.4 Å². The molecule has 3 aromatic rings. The minimum Gasteiger partial charge on any atom is -0.383 e. The molecule has 0 radical (unpaired) electrons. The van der Waals surface area contributed by atoms with Crippen molar-refractivity contribution in [3.05, 3.63) is 70.7 Å². The van der Waals surface area contributed by atoms with Crippen LogP contribution in [0.15, 0.2) is 42.4 Å². The van der Waals surface area contributed by atoms with E-state index in [1.807, 2.05) is 13.0 Å². The largest absolute Gasteiger partial charge is 0.383 e. The second-order valence-corrected chi connectivity index (χ2v) is 11.8. The summed E-state index contributed by atoms with van der Waals surface area (Å²) in [5.41, 5.74) is 8.87. The van der Waals surface area contributed by atoms with Gasteiger partial charge in [0.1, 0.15) is 11.6 Å². The summed E-state index contributed by atoms with van der Waals surface area (Å²) in [6, 6.07) is 8.00. The Bertz CT molecular complexity index is 1630. The Morgan fingerprint density at radius 3 is 2.60 bits per heavy atom. The number of benzene rings is 1. The van der Waals surface area contributed by atoms with Gasteiger partial charge in [0.05, 0.1) is 34.1 Å². The number of hydrogen-bond acceptors (Lipinski definition) is 8. The van der Waals surface area contributed by atoms with Gasteiger partial charge in [0.2, 0.25) is 5.95 Å². The number of aryl methyl sites for hydroxylation is 1. The van der Waals surface area contributed by atoms with Crippen molar-refractivity contribution >= 4 is 22.3 Å². The van der Waals surface area contributed by atoms with Crippen LogP contribution < -0.4 is 21.6 Å². The number of halogens is 3. The van der Waals surface area contributed by atoms with Crippen LogP contribution >= 0.6 is 0 Å². The topological polar surface area (TPSA) is 101 Å². The highest BCUT2D eigenvalue weighted by Gasteiger charge is 2.56. The van der Waals surface area contributed by atoms with Crippen LogP contribution in [0, 0.1) is 35.0 Å². The van der Waals surface area contributed by atoms with Crippen LogP contribution in [0.2, 0.25) is 0 Å². The Kier molecular flexibility index (Phi) is 7.65. The van der Waals surface area contributed by atoms with E-state index >= 15 is 0 Å². The number of nitrogens with zero attached hydrogens (tertiary/aromatic N) is 4. The zero-order valence-corrected chi connectivity index (χ0v) is 23.9. The van der Waals surface area contributed by atoms with E-state index in [2.05, 4.69) is 64.3 Å². The number of anilines is 2. The predicted octanol–water partition coefficient (Wildman–Crippen LogP) is 5.76. The molecule has 1 atom stereocenters. The molecule has 3 heterocycles. The molecular weight excluding hydrogens is 541 g/mol. The maximum atomic E-state index is 14.1. The van der Waals surface area contributed by atoms with Gasteiger partial charge in [-0.1, -0.05) is 39.7 Å². The van der Waals surface area contributed by atoms with Crippen LogP contribution in [0.3, 0.4) is 0 Å². The van der Waals surface area contributed by atoms with E-state index in [4.69, 9.17) is 6.42 Å². The van der Waals surface area contributed by atoms with Crippen molar-refractivity contribution in [2.24, 2.45) is 5.41 Å². The lowest BCUT2D eigenvalue weighted by atomic mass is 9.96. The molecule has 1 aliphatic carbocycles. The van der Waals surface area contributed by atoms with Crippen LogP contribution in [0.4, 0.5) is 24.5 Å². The van der Waals surface area contributed by atoms with Crippen molar-refractivity contribution in [1.29, 1.82) is 5.26 Å². The predicted molar refractivity (Wildman–Crippen MR) is 156 cm³/mol. The van der Waals surface area contributed by atoms with Crippen molar-refractivity contribution in [1.82, 2.24) is 25.9 Å². The average molecular weight is 575 g/mol. The van der Waals surface area contributed by atoms with E-state index in [1.165, 1.54) is 11.1 Å². The van der Waals surface area contributed by atoms with Gasteiger partial charge in [0, 0.05) is 41.3 Å². The molecule has 2 aliphatic rings. The molecule has 5 rings (SSSR count). The van der Waals surface area contributed by atoms with Gasteiger partial charge in [-0.3, -0.25) is 9.99 Å². The third kappa shape index (κ3) is 5.53. The molecule has 11 heteroatoms. The summed E-state index contributed by atoms with van der Waals surface area (Å²) in [6.07, 6.45) is 7.61. The number of nitrogens with one attached hydrogen (secondary N) is 4. The SMILES string of the molecule is C#Cc1cnc2c(C#N)cc(N[C@H](C3=CN(C4(C(F)F)CC4)NN3)c3ccc(F)nc3CC)cc2c1NCC(C)(C)C. The molecule has 1 aromatic carbocycles. The molecule has 0 unspecified atom stereocenters. The molecule has 218 valence electrons. The number of hydrogen-bond donors (Lipinski definition) is 4. The molecular formula is C31H33F3N8. The lowest BCUT2D eigenvalue weighted by Crippen LogP contribution is -2.48. The molecule has 8 nitrogen and oxygen atoms in total. The van der Waals surface area contributed by atoms with Crippen LogP contribution in [0.1, 0.15) is 69.0 Å². The van der Waals surface area contributed by atoms with E-state index in [-0.39, 0.29) is 5.41 Å². The van der Waals surface area contributed by atoms with E-state index in [1.54, 1.807) is 24.5 Å². The van der Waals surface area contributed by atoms with Crippen LogP contribution in [0.5, 0.6) is 0 Å². The fraction of sp³-hybridized carbons (Fsp3) is 0.387. The van der Waals surface area contributed by atoms with E-state index < -0.39 is 24.0 Å². The maximum absolute atomic E-state index is 14.1. The maximum Gasteiger partial charge on any atom is 0.262 e. The fourth-order valence-electron chi connectivity index (χ4n) is 5.05. The zero-order chi connectivity index (χ0) is 30.2. The number of pyridine rings is 2. The molecule has 0 spiro atoms. The second kappa shape index (κ2) is 11.1. The Morgan fingerprint density at radius 1 is 1.21 bits per heavy atom. The Hall–Kier alpha value is -4.48. The molecule has 4 N–H and O–H groups in total. The van der Waals surface area contributed by atoms with E-state index in [0.717, 1.165) is 0 Å². The van der Waals surface area contributed by atoms with Gasteiger partial charge in [-0.2, -0.15) is 9.65 Å². The second-order valence-electron chi connectivity index (χ2n) is 11.8. The Morgan fingerprint density at radius 2 is 1.98 bits per heavy atom. The standard InChI is InChI=1S/C31H33F3N8/c1-6-18-15-36-27-19(14-35)12-20(13-22(27)26(18)37-17-30(3,4)5)38-28(21-8-9-25(32)39-23(21)7-2)24-16-42(41-40-24)31(10-11-31)29(33)34/h1,8-9,12-13,15-16,28-29,38,40-41H,7,10-11,17H2,2-5H3,(H,36,37)/t28-/m0/s1. The first kappa shape index (κ1) is 29.0. The molecule has 1 aliphatic heterocycles. The highest BCUT2D eigenvalue weighted by Crippen LogP contribution is 2.47. The number of fused-ring (bicyclic) bond motifs is 1. The zero-order valence-electron chi connectivity index (χ0n) is 23.9. The van der Waals surface area contributed by atoms with E-state index in [9.17, 15) is 18.4 Å². The molecule has 0 amide bonds. The highest BCUT2D eigenvalue weighted by molar-refractivity contribution is 5.99. The first-order chi connectivity index (χ1) is 20.0. The summed E-state index contributed by atoms with van der Waals surface area (Å²) >= 11 is 0. The minimum atomic E-state index is -2.54. The summed E-state index contributed by atoms with van der Waals surface area (Å²) < 4.78 is 41.9. The number of aromatic nitrogens is 2. The van der Waals surface area contributed by atoms with Crippen molar-refractivity contribution in [2.45, 2.75) is 65.0 Å². The Balaban J connectivity index is 1.62. The number of hydrazine groups is 2. The van der Waals surface area contributed by atoms with Gasteiger partial charge in [0.15, 0.2) is 0 Å². The van der Waals surface area contributed by atoms with Gasteiger partial charge in [-0.25, -0.2) is 13.8 Å². The minimum absolute atomic E-state index is 0.0523. The average Bonchev–Trinajstić information content (AvgIpc) is 3.64. The van der Waals surface area contributed by atoms with Gasteiger partial charge in [-0.15, -0.1) is 12.0 Å². The summed E-state index contributed by atoms with van der Waals surface area (Å²) in [4.78, 5) is 8.58. The third-order valence-electron chi connectivity index (χ3n) is 7.52. The lowest BCUT2D eigenvalue weighted by Gasteiger charge is -2.25. The number of alkyl halides is 2. The third-order valence-corrected chi connectivity index (χ3v) is 7.52. The summed E-state index contributed by atoms with van der Waals surface area (Å²) in [6.45, 7) is 8.77. The first-order valence-electron chi connectivity index (χ1n) is 13.8. The molecule has 0 saturated heterocycles. The summed E-state index contributed by atoms with van der Waals surface area (Å²) in [7, 11) is 0.